The lowest BCUT2D eigenvalue weighted by atomic mass is 10.0. The molecule has 0 radical (unpaired) electrons. The Morgan fingerprint density at radius 3 is 1.88 bits per heavy atom. The first kappa shape index (κ1) is 11.9. The Hall–Kier alpha value is -1.54. The second kappa shape index (κ2) is 5.19. The van der Waals surface area contributed by atoms with Crippen LogP contribution in [-0.2, 0) is 0 Å². The van der Waals surface area contributed by atoms with Crippen LogP contribution in [0.1, 0.15) is 15.9 Å². The molecule has 0 aromatic heterocycles. The molecule has 2 aromatic carbocycles. The predicted molar refractivity (Wildman–Crippen MR) is 67.3 cm³/mol. The summed E-state index contributed by atoms with van der Waals surface area (Å²) in [5.74, 6) is -0.0719. The average Bonchev–Trinajstić information content (AvgIpc) is 2.39. The van der Waals surface area contributed by atoms with Gasteiger partial charge >= 0.3 is 0 Å². The maximum Gasteiger partial charge on any atom is 0.199 e. The van der Waals surface area contributed by atoms with Crippen LogP contribution in [0, 0.1) is 0 Å². The summed E-state index contributed by atoms with van der Waals surface area (Å²) in [7, 11) is -2.09. The molecule has 0 bridgehead atoms. The predicted octanol–water partition coefficient (Wildman–Crippen LogP) is 1.84. The molecule has 0 saturated carbocycles. The van der Waals surface area contributed by atoms with E-state index >= 15 is 0 Å². The standard InChI is InChI=1S/C13H11O3P/c14-13(10-4-2-1-3-5-10)11-6-8-12(9-7-11)17(15)16/h1-9,15-16H. The summed E-state index contributed by atoms with van der Waals surface area (Å²) < 4.78 is 0. The van der Waals surface area contributed by atoms with Crippen LogP contribution in [0.25, 0.3) is 0 Å². The molecular weight excluding hydrogens is 235 g/mol. The fourth-order valence-corrected chi connectivity index (χ4v) is 1.92. The van der Waals surface area contributed by atoms with E-state index < -0.39 is 8.38 Å². The van der Waals surface area contributed by atoms with Crippen LogP contribution in [0.15, 0.2) is 54.6 Å². The lowest BCUT2D eigenvalue weighted by molar-refractivity contribution is 0.103. The van der Waals surface area contributed by atoms with Crippen molar-refractivity contribution in [2.45, 2.75) is 0 Å². The molecule has 0 spiro atoms. The summed E-state index contributed by atoms with van der Waals surface area (Å²) in [6.07, 6.45) is 0. The highest BCUT2D eigenvalue weighted by molar-refractivity contribution is 7.54. The molecule has 0 aliphatic heterocycles. The zero-order valence-corrected chi connectivity index (χ0v) is 9.84. The molecule has 3 nitrogen and oxygen atoms in total. The maximum atomic E-state index is 12.0. The number of ketones is 1. The maximum absolute atomic E-state index is 12.0. The highest BCUT2D eigenvalue weighted by atomic mass is 31.2. The molecule has 0 atom stereocenters. The number of benzene rings is 2. The quantitative estimate of drug-likeness (QED) is 0.641. The van der Waals surface area contributed by atoms with Crippen molar-refractivity contribution in [1.82, 2.24) is 0 Å². The van der Waals surface area contributed by atoms with Crippen LogP contribution in [0.2, 0.25) is 0 Å². The number of carbonyl (C=O) groups is 1. The highest BCUT2D eigenvalue weighted by Gasteiger charge is 2.09. The van der Waals surface area contributed by atoms with Gasteiger partial charge in [0.1, 0.15) is 0 Å². The highest BCUT2D eigenvalue weighted by Crippen LogP contribution is 2.22. The third kappa shape index (κ3) is 2.77. The van der Waals surface area contributed by atoms with Crippen molar-refractivity contribution >= 4 is 19.5 Å². The third-order valence-electron chi connectivity index (χ3n) is 2.40. The van der Waals surface area contributed by atoms with Gasteiger partial charge in [0.05, 0.1) is 0 Å². The first-order chi connectivity index (χ1) is 8.18. The number of hydrogen-bond donors (Lipinski definition) is 2. The van der Waals surface area contributed by atoms with E-state index in [9.17, 15) is 4.79 Å². The van der Waals surface area contributed by atoms with E-state index in [1.54, 1.807) is 36.4 Å². The second-order valence-corrected chi connectivity index (χ2v) is 4.63. The van der Waals surface area contributed by atoms with E-state index in [4.69, 9.17) is 9.79 Å². The SMILES string of the molecule is O=C(c1ccccc1)c1ccc(P(O)O)cc1. The molecular formula is C13H11O3P. The first-order valence-electron chi connectivity index (χ1n) is 5.06. The lowest BCUT2D eigenvalue weighted by Crippen LogP contribution is -2.04. The van der Waals surface area contributed by atoms with Gasteiger partial charge in [0, 0.05) is 16.4 Å². The molecule has 0 aliphatic rings. The molecule has 2 aromatic rings. The summed E-state index contributed by atoms with van der Waals surface area (Å²) in [5.41, 5.74) is 1.16. The van der Waals surface area contributed by atoms with Crippen molar-refractivity contribution in [1.29, 1.82) is 0 Å². The summed E-state index contributed by atoms with van der Waals surface area (Å²) >= 11 is 0. The van der Waals surface area contributed by atoms with Gasteiger partial charge in [-0.2, -0.15) is 0 Å². The Kier molecular flexibility index (Phi) is 3.64. The number of rotatable bonds is 3. The third-order valence-corrected chi connectivity index (χ3v) is 3.16. The monoisotopic (exact) mass is 246 g/mol. The van der Waals surface area contributed by atoms with E-state index in [1.165, 1.54) is 0 Å². The van der Waals surface area contributed by atoms with Crippen LogP contribution in [-0.4, -0.2) is 15.6 Å². The van der Waals surface area contributed by atoms with Crippen LogP contribution in [0.4, 0.5) is 0 Å². The van der Waals surface area contributed by atoms with Gasteiger partial charge in [0.15, 0.2) is 14.2 Å². The average molecular weight is 246 g/mol. The molecule has 0 amide bonds. The minimum absolute atomic E-state index is 0.0719. The van der Waals surface area contributed by atoms with E-state index in [-0.39, 0.29) is 5.78 Å². The zero-order valence-electron chi connectivity index (χ0n) is 8.95. The largest absolute Gasteiger partial charge is 0.347 e. The number of carbonyl (C=O) groups excluding carboxylic acids is 1. The van der Waals surface area contributed by atoms with Gasteiger partial charge in [-0.3, -0.25) is 4.79 Å². The van der Waals surface area contributed by atoms with Crippen molar-refractivity contribution in [3.63, 3.8) is 0 Å². The summed E-state index contributed by atoms with van der Waals surface area (Å²) in [5, 5.41) is 0.435. The fraction of sp³-hybridized carbons (Fsp3) is 0. The van der Waals surface area contributed by atoms with Crippen molar-refractivity contribution < 1.29 is 14.6 Å². The lowest BCUT2D eigenvalue weighted by Gasteiger charge is -2.04. The molecule has 0 saturated heterocycles. The normalized spacial score (nSPS) is 10.5. The van der Waals surface area contributed by atoms with Crippen molar-refractivity contribution in [3.05, 3.63) is 65.7 Å². The van der Waals surface area contributed by atoms with Gasteiger partial charge in [0.25, 0.3) is 0 Å². The van der Waals surface area contributed by atoms with Gasteiger partial charge in [-0.1, -0.05) is 42.5 Å². The Bertz CT molecular complexity index is 506. The van der Waals surface area contributed by atoms with Gasteiger partial charge < -0.3 is 9.79 Å². The van der Waals surface area contributed by atoms with Crippen molar-refractivity contribution in [2.75, 3.05) is 0 Å². The molecule has 86 valence electrons. The van der Waals surface area contributed by atoms with Gasteiger partial charge in [-0.25, -0.2) is 0 Å². The smallest absolute Gasteiger partial charge is 0.199 e. The van der Waals surface area contributed by atoms with E-state index in [1.807, 2.05) is 18.2 Å². The molecule has 2 N–H and O–H groups in total. The van der Waals surface area contributed by atoms with Crippen molar-refractivity contribution in [2.24, 2.45) is 0 Å². The van der Waals surface area contributed by atoms with E-state index in [2.05, 4.69) is 0 Å². The number of hydrogen-bond acceptors (Lipinski definition) is 3. The molecule has 2 rings (SSSR count). The molecule has 0 unspecified atom stereocenters. The molecule has 4 heteroatoms. The molecule has 0 heterocycles. The summed E-state index contributed by atoms with van der Waals surface area (Å²) in [6, 6.07) is 15.3. The van der Waals surface area contributed by atoms with Gasteiger partial charge in [-0.05, 0) is 12.1 Å². The van der Waals surface area contributed by atoms with Gasteiger partial charge in [-0.15, -0.1) is 0 Å². The molecule has 17 heavy (non-hydrogen) atoms. The van der Waals surface area contributed by atoms with Gasteiger partial charge in [0.2, 0.25) is 0 Å². The van der Waals surface area contributed by atoms with E-state index in [0.29, 0.717) is 16.4 Å². The van der Waals surface area contributed by atoms with Crippen LogP contribution < -0.4 is 5.30 Å². The van der Waals surface area contributed by atoms with Crippen LogP contribution >= 0.6 is 8.38 Å². The zero-order chi connectivity index (χ0) is 12.3. The second-order valence-electron chi connectivity index (χ2n) is 3.53. The topological polar surface area (TPSA) is 57.5 Å². The van der Waals surface area contributed by atoms with Crippen LogP contribution in [0.5, 0.6) is 0 Å². The van der Waals surface area contributed by atoms with E-state index in [0.717, 1.165) is 0 Å². The van der Waals surface area contributed by atoms with Crippen LogP contribution in [0.3, 0.4) is 0 Å². The molecule has 0 aliphatic carbocycles. The Balaban J connectivity index is 2.27. The summed E-state index contributed by atoms with van der Waals surface area (Å²) in [6.45, 7) is 0. The van der Waals surface area contributed by atoms with Crippen molar-refractivity contribution in [3.8, 4) is 0 Å². The summed E-state index contributed by atoms with van der Waals surface area (Å²) in [4.78, 5) is 30.0. The first-order valence-corrected chi connectivity index (χ1v) is 6.31. The molecule has 0 fully saturated rings. The fourth-order valence-electron chi connectivity index (χ4n) is 1.50. The minimum atomic E-state index is -2.09. The Labute approximate surface area is 100 Å². The minimum Gasteiger partial charge on any atom is -0.347 e. The Morgan fingerprint density at radius 1 is 0.824 bits per heavy atom. The Morgan fingerprint density at radius 2 is 1.35 bits per heavy atom.